The van der Waals surface area contributed by atoms with Crippen molar-refractivity contribution in [3.05, 3.63) is 34.9 Å². The summed E-state index contributed by atoms with van der Waals surface area (Å²) in [5, 5.41) is 20.4. The topological polar surface area (TPSA) is 49.7 Å². The molecule has 0 aromatic heterocycles. The van der Waals surface area contributed by atoms with Gasteiger partial charge in [-0.3, -0.25) is 0 Å². The first-order chi connectivity index (χ1) is 14.3. The molecule has 0 radical (unpaired) electrons. The van der Waals surface area contributed by atoms with E-state index in [9.17, 15) is 10.2 Å². The third-order valence-corrected chi connectivity index (χ3v) is 8.56. The van der Waals surface area contributed by atoms with Gasteiger partial charge in [-0.1, -0.05) is 49.1 Å². The van der Waals surface area contributed by atoms with Crippen molar-refractivity contribution in [2.24, 2.45) is 17.3 Å². The zero-order chi connectivity index (χ0) is 21.4. The van der Waals surface area contributed by atoms with Gasteiger partial charge in [0.25, 0.3) is 0 Å². The number of unbranched alkanes of at least 4 members (excludes halogenated alkanes) is 1. The van der Waals surface area contributed by atoms with Crippen LogP contribution in [0.2, 0.25) is 0 Å². The highest BCUT2D eigenvalue weighted by atomic mass is 16.5. The molecule has 1 aliphatic heterocycles. The Kier molecular flexibility index (Phi) is 6.63. The molecule has 0 aromatic rings. The SMILES string of the molecule is CC(C)(O)CCCCC1CCC2C(=CC=C3CC(O)C4=CCOC4C3)CCCC12C. The van der Waals surface area contributed by atoms with Crippen molar-refractivity contribution in [2.45, 2.75) is 109 Å². The summed E-state index contributed by atoms with van der Waals surface area (Å²) in [6, 6.07) is 0. The molecule has 5 atom stereocenters. The average Bonchev–Trinajstić information content (AvgIpc) is 3.27. The third kappa shape index (κ3) is 4.79. The first-order valence-corrected chi connectivity index (χ1v) is 12.4. The number of aliphatic hydroxyl groups is 2. The van der Waals surface area contributed by atoms with E-state index in [0.29, 0.717) is 12.0 Å². The molecule has 3 aliphatic carbocycles. The number of hydrogen-bond donors (Lipinski definition) is 2. The molecule has 5 unspecified atom stereocenters. The molecule has 0 amide bonds. The van der Waals surface area contributed by atoms with E-state index in [2.05, 4.69) is 25.2 Å². The predicted molar refractivity (Wildman–Crippen MR) is 122 cm³/mol. The Morgan fingerprint density at radius 3 is 2.83 bits per heavy atom. The van der Waals surface area contributed by atoms with Crippen molar-refractivity contribution in [3.8, 4) is 0 Å². The molecule has 4 rings (SSSR count). The first-order valence-electron chi connectivity index (χ1n) is 12.4. The van der Waals surface area contributed by atoms with E-state index in [1.807, 2.05) is 13.8 Å². The molecule has 3 heteroatoms. The molecular formula is C27H42O3. The second-order valence-electron chi connectivity index (χ2n) is 11.3. The lowest BCUT2D eigenvalue weighted by atomic mass is 9.62. The Labute approximate surface area is 183 Å². The van der Waals surface area contributed by atoms with Gasteiger partial charge in [-0.05, 0) is 94.5 Å². The zero-order valence-electron chi connectivity index (χ0n) is 19.3. The van der Waals surface area contributed by atoms with Gasteiger partial charge < -0.3 is 14.9 Å². The van der Waals surface area contributed by atoms with Crippen LogP contribution in [0.15, 0.2) is 34.9 Å². The summed E-state index contributed by atoms with van der Waals surface area (Å²) < 4.78 is 5.79. The van der Waals surface area contributed by atoms with Crippen molar-refractivity contribution in [1.29, 1.82) is 0 Å². The van der Waals surface area contributed by atoms with Crippen molar-refractivity contribution >= 4 is 0 Å². The number of hydrogen-bond acceptors (Lipinski definition) is 3. The van der Waals surface area contributed by atoms with Gasteiger partial charge in [0.2, 0.25) is 0 Å². The van der Waals surface area contributed by atoms with Crippen LogP contribution in [0.4, 0.5) is 0 Å². The number of fused-ring (bicyclic) bond motifs is 2. The van der Waals surface area contributed by atoms with E-state index >= 15 is 0 Å². The summed E-state index contributed by atoms with van der Waals surface area (Å²) in [5.74, 6) is 1.56. The van der Waals surface area contributed by atoms with Crippen LogP contribution in [0.5, 0.6) is 0 Å². The van der Waals surface area contributed by atoms with Crippen LogP contribution in [0.3, 0.4) is 0 Å². The van der Waals surface area contributed by atoms with Crippen molar-refractivity contribution in [3.63, 3.8) is 0 Å². The van der Waals surface area contributed by atoms with E-state index in [1.165, 1.54) is 50.5 Å². The molecule has 0 aromatic carbocycles. The predicted octanol–water partition coefficient (Wildman–Crippen LogP) is 5.87. The summed E-state index contributed by atoms with van der Waals surface area (Å²) in [4.78, 5) is 0. The second kappa shape index (κ2) is 8.92. The van der Waals surface area contributed by atoms with Crippen LogP contribution in [0.25, 0.3) is 0 Å². The molecule has 3 saturated carbocycles. The lowest BCUT2D eigenvalue weighted by molar-refractivity contribution is 0.0659. The van der Waals surface area contributed by atoms with Crippen molar-refractivity contribution < 1.29 is 14.9 Å². The number of ether oxygens (including phenoxy) is 1. The molecule has 0 saturated heterocycles. The average molecular weight is 415 g/mol. The Morgan fingerprint density at radius 2 is 2.03 bits per heavy atom. The molecule has 0 spiro atoms. The van der Waals surface area contributed by atoms with Gasteiger partial charge >= 0.3 is 0 Å². The molecule has 0 bridgehead atoms. The van der Waals surface area contributed by atoms with E-state index in [1.54, 1.807) is 5.57 Å². The minimum atomic E-state index is -0.525. The van der Waals surface area contributed by atoms with Crippen LogP contribution in [0.1, 0.15) is 91.4 Å². The molecule has 3 fully saturated rings. The fraction of sp³-hybridized carbons (Fsp3) is 0.778. The highest BCUT2D eigenvalue weighted by Crippen LogP contribution is 2.58. The summed E-state index contributed by atoms with van der Waals surface area (Å²) >= 11 is 0. The maximum atomic E-state index is 10.4. The number of rotatable bonds is 6. The van der Waals surface area contributed by atoms with Crippen LogP contribution < -0.4 is 0 Å². The molecule has 30 heavy (non-hydrogen) atoms. The fourth-order valence-corrected chi connectivity index (χ4v) is 6.83. The molecule has 3 nitrogen and oxygen atoms in total. The maximum Gasteiger partial charge on any atom is 0.0852 e. The summed E-state index contributed by atoms with van der Waals surface area (Å²) in [5.41, 5.74) is 4.02. The lowest BCUT2D eigenvalue weighted by Crippen LogP contribution is -2.33. The summed E-state index contributed by atoms with van der Waals surface area (Å²) in [6.45, 7) is 7.06. The highest BCUT2D eigenvalue weighted by Gasteiger charge is 2.48. The zero-order valence-corrected chi connectivity index (χ0v) is 19.3. The van der Waals surface area contributed by atoms with Crippen LogP contribution >= 0.6 is 0 Å². The smallest absolute Gasteiger partial charge is 0.0852 e. The Bertz CT molecular complexity index is 710. The normalized spacial score (nSPS) is 39.3. The van der Waals surface area contributed by atoms with Gasteiger partial charge in [0.15, 0.2) is 0 Å². The van der Waals surface area contributed by atoms with E-state index in [-0.39, 0.29) is 12.2 Å². The van der Waals surface area contributed by atoms with Gasteiger partial charge in [0.05, 0.1) is 24.4 Å². The Morgan fingerprint density at radius 1 is 1.20 bits per heavy atom. The first kappa shape index (κ1) is 22.3. The number of aliphatic hydroxyl groups excluding tert-OH is 1. The van der Waals surface area contributed by atoms with Gasteiger partial charge in [-0.2, -0.15) is 0 Å². The van der Waals surface area contributed by atoms with E-state index in [4.69, 9.17) is 4.74 Å². The lowest BCUT2D eigenvalue weighted by Gasteiger charge is -2.42. The van der Waals surface area contributed by atoms with E-state index < -0.39 is 5.60 Å². The third-order valence-electron chi connectivity index (χ3n) is 8.56. The Balaban J connectivity index is 1.38. The minimum Gasteiger partial charge on any atom is -0.390 e. The molecular weight excluding hydrogens is 372 g/mol. The van der Waals surface area contributed by atoms with Crippen molar-refractivity contribution in [1.82, 2.24) is 0 Å². The van der Waals surface area contributed by atoms with Crippen LogP contribution in [0, 0.1) is 17.3 Å². The van der Waals surface area contributed by atoms with Crippen LogP contribution in [-0.4, -0.2) is 34.6 Å². The van der Waals surface area contributed by atoms with Gasteiger partial charge in [-0.25, -0.2) is 0 Å². The van der Waals surface area contributed by atoms with Gasteiger partial charge in [0, 0.05) is 0 Å². The van der Waals surface area contributed by atoms with E-state index in [0.717, 1.165) is 43.1 Å². The largest absolute Gasteiger partial charge is 0.390 e. The highest BCUT2D eigenvalue weighted by molar-refractivity contribution is 5.32. The minimum absolute atomic E-state index is 0.106. The number of allylic oxidation sites excluding steroid dienone is 3. The quantitative estimate of drug-likeness (QED) is 0.422. The standard InChI is InChI=1S/C27H42O3/c1-26(2,29)14-5-4-8-21-11-12-23-20(7-6-15-27(21,23)3)10-9-19-17-24(28)22-13-16-30-25(22)18-19/h9-10,13,21,23-25,28-29H,4-8,11-12,14-18H2,1-3H3. The van der Waals surface area contributed by atoms with Crippen molar-refractivity contribution in [2.75, 3.05) is 6.61 Å². The molecule has 168 valence electrons. The monoisotopic (exact) mass is 414 g/mol. The Hall–Kier alpha value is -0.900. The molecule has 2 N–H and O–H groups in total. The van der Waals surface area contributed by atoms with Gasteiger partial charge in [-0.15, -0.1) is 0 Å². The summed E-state index contributed by atoms with van der Waals surface area (Å²) in [6.07, 6.45) is 19.5. The maximum absolute atomic E-state index is 10.4. The molecule has 4 aliphatic rings. The molecule has 1 heterocycles. The van der Waals surface area contributed by atoms with Crippen LogP contribution in [-0.2, 0) is 4.74 Å². The van der Waals surface area contributed by atoms with Gasteiger partial charge in [0.1, 0.15) is 0 Å². The fourth-order valence-electron chi connectivity index (χ4n) is 6.83. The second-order valence-corrected chi connectivity index (χ2v) is 11.3. The summed E-state index contributed by atoms with van der Waals surface area (Å²) in [7, 11) is 0.